The van der Waals surface area contributed by atoms with E-state index >= 15 is 0 Å². The molecule has 0 aliphatic carbocycles. The Kier molecular flexibility index (Phi) is 4.13. The summed E-state index contributed by atoms with van der Waals surface area (Å²) >= 11 is 3.34. The van der Waals surface area contributed by atoms with Crippen molar-refractivity contribution >= 4 is 27.9 Å². The Morgan fingerprint density at radius 1 is 1.30 bits per heavy atom. The Balaban J connectivity index is 2.37. The first-order valence-corrected chi connectivity index (χ1v) is 7.31. The minimum atomic E-state index is -0.844. The zero-order valence-corrected chi connectivity index (χ0v) is 13.0. The second-order valence-corrected chi connectivity index (χ2v) is 5.67. The van der Waals surface area contributed by atoms with Crippen LogP contribution < -0.4 is 5.32 Å². The van der Waals surface area contributed by atoms with E-state index in [1.165, 1.54) is 17.0 Å². The number of imide groups is 1. The monoisotopic (exact) mass is 342 g/mol. The number of hydrogen-bond acceptors (Lipinski definition) is 2. The Labute approximate surface area is 125 Å². The number of halogens is 2. The Morgan fingerprint density at radius 2 is 1.95 bits per heavy atom. The van der Waals surface area contributed by atoms with Crippen LogP contribution >= 0.6 is 15.9 Å². The number of nitrogens with one attached hydrogen (secondary N) is 1. The van der Waals surface area contributed by atoms with E-state index < -0.39 is 11.6 Å². The van der Waals surface area contributed by atoms with Crippen molar-refractivity contribution < 1.29 is 14.0 Å². The van der Waals surface area contributed by atoms with Gasteiger partial charge in [0.25, 0.3) is 5.91 Å². The van der Waals surface area contributed by atoms with Crippen LogP contribution in [0.4, 0.5) is 9.18 Å². The predicted molar refractivity (Wildman–Crippen MR) is 76.5 cm³/mol. The third kappa shape index (κ3) is 2.32. The van der Waals surface area contributed by atoms with E-state index in [4.69, 9.17) is 0 Å². The summed E-state index contributed by atoms with van der Waals surface area (Å²) in [6, 6.07) is 3.89. The van der Waals surface area contributed by atoms with Gasteiger partial charge in [-0.1, -0.05) is 29.8 Å². The number of benzene rings is 1. The van der Waals surface area contributed by atoms with Gasteiger partial charge in [-0.05, 0) is 36.6 Å². The molecule has 4 nitrogen and oxygen atoms in total. The highest BCUT2D eigenvalue weighted by molar-refractivity contribution is 9.10. The van der Waals surface area contributed by atoms with E-state index in [0.29, 0.717) is 22.9 Å². The van der Waals surface area contributed by atoms with Crippen molar-refractivity contribution in [1.29, 1.82) is 0 Å². The first kappa shape index (κ1) is 15.0. The molecule has 0 saturated carbocycles. The third-order valence-corrected chi connectivity index (χ3v) is 4.68. The largest absolute Gasteiger partial charge is 0.325 e. The molecule has 20 heavy (non-hydrogen) atoms. The fourth-order valence-electron chi connectivity index (χ4n) is 2.61. The second kappa shape index (κ2) is 5.52. The van der Waals surface area contributed by atoms with Gasteiger partial charge in [0.15, 0.2) is 0 Å². The number of carbonyl (C=O) groups is 2. The van der Waals surface area contributed by atoms with Crippen LogP contribution in [0, 0.1) is 5.82 Å². The van der Waals surface area contributed by atoms with E-state index in [9.17, 15) is 14.0 Å². The summed E-state index contributed by atoms with van der Waals surface area (Å²) in [4.78, 5) is 25.6. The third-order valence-electron chi connectivity index (χ3n) is 3.91. The molecule has 0 spiro atoms. The molecule has 108 valence electrons. The molecule has 3 amide bonds. The van der Waals surface area contributed by atoms with Crippen LogP contribution in [0.2, 0.25) is 0 Å². The van der Waals surface area contributed by atoms with Crippen LogP contribution in [0.25, 0.3) is 0 Å². The molecule has 1 aliphatic heterocycles. The molecule has 0 atom stereocenters. The molecule has 6 heteroatoms. The molecule has 0 radical (unpaired) electrons. The quantitative estimate of drug-likeness (QED) is 0.854. The number of carbonyl (C=O) groups excluding carboxylic acids is 2. The summed E-state index contributed by atoms with van der Waals surface area (Å²) in [7, 11) is 0. The highest BCUT2D eigenvalue weighted by atomic mass is 79.9. The van der Waals surface area contributed by atoms with Crippen LogP contribution in [0.3, 0.4) is 0 Å². The van der Waals surface area contributed by atoms with Crippen molar-refractivity contribution in [3.05, 3.63) is 34.1 Å². The van der Waals surface area contributed by atoms with Gasteiger partial charge in [0, 0.05) is 11.0 Å². The van der Waals surface area contributed by atoms with Gasteiger partial charge in [0.2, 0.25) is 0 Å². The van der Waals surface area contributed by atoms with Crippen LogP contribution in [-0.2, 0) is 11.3 Å². The molecule has 1 fully saturated rings. The first-order chi connectivity index (χ1) is 9.44. The zero-order valence-electron chi connectivity index (χ0n) is 11.4. The average molecular weight is 343 g/mol. The molecule has 1 aliphatic rings. The van der Waals surface area contributed by atoms with E-state index in [2.05, 4.69) is 21.2 Å². The molecule has 0 unspecified atom stereocenters. The van der Waals surface area contributed by atoms with E-state index in [0.717, 1.165) is 0 Å². The molecule has 1 heterocycles. The highest BCUT2D eigenvalue weighted by Crippen LogP contribution is 2.32. The summed E-state index contributed by atoms with van der Waals surface area (Å²) < 4.78 is 14.1. The Hall–Kier alpha value is -1.43. The summed E-state index contributed by atoms with van der Waals surface area (Å²) in [5, 5.41) is 2.35. The lowest BCUT2D eigenvalue weighted by molar-refractivity contribution is -0.127. The van der Waals surface area contributed by atoms with Crippen molar-refractivity contribution in [3.63, 3.8) is 0 Å². The van der Waals surface area contributed by atoms with Crippen molar-refractivity contribution in [1.82, 2.24) is 10.2 Å². The zero-order chi connectivity index (χ0) is 14.9. The lowest BCUT2D eigenvalue weighted by Gasteiger charge is -2.33. The fraction of sp³-hybridized carbons (Fsp3) is 0.429. The normalized spacial score (nSPS) is 17.5. The SMILES string of the molecule is CCC1(CC)C(=O)NC(=O)N1Cc1cc(F)ccc1Br. The minimum Gasteiger partial charge on any atom is -0.305 e. The van der Waals surface area contributed by atoms with Crippen LogP contribution in [0.5, 0.6) is 0 Å². The lowest BCUT2D eigenvalue weighted by atomic mass is 9.91. The minimum absolute atomic E-state index is 0.192. The van der Waals surface area contributed by atoms with Gasteiger partial charge in [-0.25, -0.2) is 9.18 Å². The molecule has 2 rings (SSSR count). The first-order valence-electron chi connectivity index (χ1n) is 6.51. The number of hydrogen-bond donors (Lipinski definition) is 1. The molecule has 0 bridgehead atoms. The summed E-state index contributed by atoms with van der Waals surface area (Å²) in [5.74, 6) is -0.646. The summed E-state index contributed by atoms with van der Waals surface area (Å²) in [6.45, 7) is 3.93. The fourth-order valence-corrected chi connectivity index (χ4v) is 2.98. The average Bonchev–Trinajstić information content (AvgIpc) is 2.65. The molecule has 1 aromatic rings. The van der Waals surface area contributed by atoms with E-state index in [1.807, 2.05) is 13.8 Å². The summed E-state index contributed by atoms with van der Waals surface area (Å²) in [5.41, 5.74) is -0.204. The smallest absolute Gasteiger partial charge is 0.305 e. The van der Waals surface area contributed by atoms with Gasteiger partial charge in [-0.3, -0.25) is 10.1 Å². The van der Waals surface area contributed by atoms with Crippen molar-refractivity contribution in [3.8, 4) is 0 Å². The molecule has 1 saturated heterocycles. The summed E-state index contributed by atoms with van der Waals surface area (Å²) in [6.07, 6.45) is 1.04. The molecular formula is C14H16BrFN2O2. The number of nitrogens with zero attached hydrogens (tertiary/aromatic N) is 1. The van der Waals surface area contributed by atoms with E-state index in [-0.39, 0.29) is 18.3 Å². The van der Waals surface area contributed by atoms with Crippen LogP contribution in [-0.4, -0.2) is 22.4 Å². The van der Waals surface area contributed by atoms with Crippen molar-refractivity contribution in [2.45, 2.75) is 38.8 Å². The number of urea groups is 1. The van der Waals surface area contributed by atoms with Crippen molar-refractivity contribution in [2.75, 3.05) is 0 Å². The maximum absolute atomic E-state index is 13.3. The number of amides is 3. The van der Waals surface area contributed by atoms with Crippen LogP contribution in [0.1, 0.15) is 32.3 Å². The predicted octanol–water partition coefficient (Wildman–Crippen LogP) is 3.20. The molecule has 1 aromatic carbocycles. The van der Waals surface area contributed by atoms with Crippen LogP contribution in [0.15, 0.2) is 22.7 Å². The molecule has 1 N–H and O–H groups in total. The second-order valence-electron chi connectivity index (χ2n) is 4.82. The highest BCUT2D eigenvalue weighted by Gasteiger charge is 2.50. The topological polar surface area (TPSA) is 49.4 Å². The number of rotatable bonds is 4. The molecule has 0 aromatic heterocycles. The van der Waals surface area contributed by atoms with Gasteiger partial charge in [0.05, 0.1) is 0 Å². The standard InChI is InChI=1S/C14H16BrFN2O2/c1-3-14(4-2)12(19)17-13(20)18(14)8-9-7-10(16)5-6-11(9)15/h5-7H,3-4,8H2,1-2H3,(H,17,19,20). The van der Waals surface area contributed by atoms with Gasteiger partial charge in [0.1, 0.15) is 11.4 Å². The Morgan fingerprint density at radius 3 is 2.55 bits per heavy atom. The maximum atomic E-state index is 13.3. The van der Waals surface area contributed by atoms with E-state index in [1.54, 1.807) is 6.07 Å². The lowest BCUT2D eigenvalue weighted by Crippen LogP contribution is -2.48. The Bertz CT molecular complexity index is 558. The van der Waals surface area contributed by atoms with Crippen molar-refractivity contribution in [2.24, 2.45) is 0 Å². The van der Waals surface area contributed by atoms with Gasteiger partial charge in [-0.15, -0.1) is 0 Å². The van der Waals surface area contributed by atoms with Gasteiger partial charge in [-0.2, -0.15) is 0 Å². The van der Waals surface area contributed by atoms with Gasteiger partial charge >= 0.3 is 6.03 Å². The van der Waals surface area contributed by atoms with Gasteiger partial charge < -0.3 is 4.90 Å². The molecular weight excluding hydrogens is 327 g/mol. The maximum Gasteiger partial charge on any atom is 0.325 e.